The molecule has 1 aromatic heterocycles. The van der Waals surface area contributed by atoms with Gasteiger partial charge in [0.2, 0.25) is 0 Å². The highest BCUT2D eigenvalue weighted by Gasteiger charge is 2.30. The number of nitrogens with zero attached hydrogens (tertiary/aromatic N) is 4. The Bertz CT molecular complexity index is 1530. The van der Waals surface area contributed by atoms with E-state index >= 15 is 4.39 Å². The predicted molar refractivity (Wildman–Crippen MR) is 140 cm³/mol. The van der Waals surface area contributed by atoms with Gasteiger partial charge in [-0.25, -0.2) is 9.38 Å². The van der Waals surface area contributed by atoms with Gasteiger partial charge in [0.25, 0.3) is 5.91 Å². The van der Waals surface area contributed by atoms with Crippen molar-refractivity contribution < 1.29 is 13.9 Å². The minimum atomic E-state index is -0.604. The number of carbonyl (C=O) groups excluding carboxylic acids is 1. The number of amidine groups is 1. The number of nitrogens with one attached hydrogen (secondary N) is 1. The van der Waals surface area contributed by atoms with E-state index in [0.717, 1.165) is 28.1 Å². The van der Waals surface area contributed by atoms with E-state index in [1.54, 1.807) is 44.5 Å². The summed E-state index contributed by atoms with van der Waals surface area (Å²) < 4.78 is 20.4. The summed E-state index contributed by atoms with van der Waals surface area (Å²) in [5.74, 6) is 0.501. The third-order valence-corrected chi connectivity index (χ3v) is 6.34. The van der Waals surface area contributed by atoms with Crippen molar-refractivity contribution in [3.63, 3.8) is 0 Å². The number of carbonyl (C=O) groups is 1. The first-order valence-corrected chi connectivity index (χ1v) is 11.6. The quantitative estimate of drug-likeness (QED) is 0.379. The van der Waals surface area contributed by atoms with Crippen molar-refractivity contribution in [1.82, 2.24) is 15.1 Å². The molecular weight excluding hydrogens is 481 g/mol. The Morgan fingerprint density at radius 2 is 1.92 bits per heavy atom. The van der Waals surface area contributed by atoms with Gasteiger partial charge in [0.15, 0.2) is 0 Å². The topological polar surface area (TPSA) is 73.8 Å². The van der Waals surface area contributed by atoms with Crippen molar-refractivity contribution in [3.05, 3.63) is 94.5 Å². The zero-order valence-electron chi connectivity index (χ0n) is 19.9. The Labute approximate surface area is 212 Å². The SMILES string of the molecule is COc1ccc(C2=NC(C)=C(C(=O)N(c3ccc4[nH]ncc4c3)c3ccc(Cl)cc3F)CN2C)cc1. The van der Waals surface area contributed by atoms with Crippen LogP contribution in [0.5, 0.6) is 5.75 Å². The first kappa shape index (κ1) is 23.6. The van der Waals surface area contributed by atoms with Gasteiger partial charge in [0, 0.05) is 23.0 Å². The minimum Gasteiger partial charge on any atom is -0.497 e. The third-order valence-electron chi connectivity index (χ3n) is 6.11. The number of anilines is 2. The monoisotopic (exact) mass is 503 g/mol. The molecule has 36 heavy (non-hydrogen) atoms. The predicted octanol–water partition coefficient (Wildman–Crippen LogP) is 5.69. The van der Waals surface area contributed by atoms with E-state index in [-0.39, 0.29) is 16.6 Å². The molecule has 0 radical (unpaired) electrons. The molecule has 1 amide bonds. The molecule has 0 spiro atoms. The molecular formula is C27H23ClFN5O2. The number of ether oxygens (including phenoxy) is 1. The van der Waals surface area contributed by atoms with Crippen LogP contribution in [0.3, 0.4) is 0 Å². The second-order valence-corrected chi connectivity index (χ2v) is 8.90. The summed E-state index contributed by atoms with van der Waals surface area (Å²) in [6.45, 7) is 2.09. The number of benzene rings is 3. The summed E-state index contributed by atoms with van der Waals surface area (Å²) >= 11 is 6.00. The molecule has 1 aliphatic heterocycles. The highest BCUT2D eigenvalue weighted by Crippen LogP contribution is 2.34. The molecule has 0 saturated carbocycles. The Morgan fingerprint density at radius 3 is 2.64 bits per heavy atom. The van der Waals surface area contributed by atoms with Gasteiger partial charge in [-0.15, -0.1) is 0 Å². The molecule has 0 fully saturated rings. The van der Waals surface area contributed by atoms with Crippen LogP contribution in [0, 0.1) is 5.82 Å². The Morgan fingerprint density at radius 1 is 1.14 bits per heavy atom. The van der Waals surface area contributed by atoms with E-state index in [1.807, 2.05) is 36.2 Å². The smallest absolute Gasteiger partial charge is 0.262 e. The van der Waals surface area contributed by atoms with Gasteiger partial charge in [-0.1, -0.05) is 11.6 Å². The lowest BCUT2D eigenvalue weighted by molar-refractivity contribution is -0.114. The highest BCUT2D eigenvalue weighted by atomic mass is 35.5. The Hall–Kier alpha value is -4.17. The average Bonchev–Trinajstić information content (AvgIpc) is 3.35. The van der Waals surface area contributed by atoms with Gasteiger partial charge in [0.05, 0.1) is 48.0 Å². The van der Waals surface area contributed by atoms with E-state index in [2.05, 4.69) is 10.2 Å². The molecule has 0 saturated heterocycles. The zero-order valence-corrected chi connectivity index (χ0v) is 20.7. The zero-order chi connectivity index (χ0) is 25.4. The molecule has 1 N–H and O–H groups in total. The van der Waals surface area contributed by atoms with E-state index in [0.29, 0.717) is 23.5 Å². The number of H-pyrrole nitrogens is 1. The summed E-state index contributed by atoms with van der Waals surface area (Å²) in [6, 6.07) is 17.2. The molecule has 0 atom stereocenters. The highest BCUT2D eigenvalue weighted by molar-refractivity contribution is 6.30. The van der Waals surface area contributed by atoms with Crippen LogP contribution in [0.25, 0.3) is 10.9 Å². The number of rotatable bonds is 5. The number of amides is 1. The van der Waals surface area contributed by atoms with E-state index in [9.17, 15) is 4.79 Å². The van der Waals surface area contributed by atoms with Crippen LogP contribution in [0.15, 0.2) is 83.1 Å². The van der Waals surface area contributed by atoms with Crippen LogP contribution < -0.4 is 9.64 Å². The number of likely N-dealkylation sites (N-methyl/N-ethyl adjacent to an activating group) is 1. The number of fused-ring (bicyclic) bond motifs is 1. The number of hydrogen-bond donors (Lipinski definition) is 1. The molecule has 3 aromatic carbocycles. The van der Waals surface area contributed by atoms with Crippen LogP contribution in [0.2, 0.25) is 5.02 Å². The van der Waals surface area contributed by atoms with Crippen molar-refractivity contribution in [2.24, 2.45) is 4.99 Å². The lowest BCUT2D eigenvalue weighted by Gasteiger charge is -2.31. The normalized spacial score (nSPS) is 13.7. The van der Waals surface area contributed by atoms with Gasteiger partial charge >= 0.3 is 0 Å². The molecule has 7 nitrogen and oxygen atoms in total. The Kier molecular flexibility index (Phi) is 6.20. The first-order valence-electron chi connectivity index (χ1n) is 11.2. The van der Waals surface area contributed by atoms with Crippen LogP contribution in [-0.2, 0) is 4.79 Å². The van der Waals surface area contributed by atoms with E-state index in [1.165, 1.54) is 17.0 Å². The lowest BCUT2D eigenvalue weighted by atomic mass is 10.1. The molecule has 0 unspecified atom stereocenters. The third kappa shape index (κ3) is 4.31. The second-order valence-electron chi connectivity index (χ2n) is 8.46. The largest absolute Gasteiger partial charge is 0.497 e. The molecule has 4 aromatic rings. The summed E-state index contributed by atoms with van der Waals surface area (Å²) in [4.78, 5) is 22.0. The van der Waals surface area contributed by atoms with Gasteiger partial charge in [-0.2, -0.15) is 5.10 Å². The van der Waals surface area contributed by atoms with Gasteiger partial charge in [0.1, 0.15) is 17.4 Å². The number of methoxy groups -OCH3 is 1. The van der Waals surface area contributed by atoms with E-state index < -0.39 is 5.82 Å². The summed E-state index contributed by atoms with van der Waals surface area (Å²) in [5.41, 5.74) is 3.33. The molecule has 1 aliphatic rings. The maximum atomic E-state index is 15.1. The van der Waals surface area contributed by atoms with Crippen molar-refractivity contribution in [2.45, 2.75) is 6.92 Å². The Balaban J connectivity index is 1.59. The van der Waals surface area contributed by atoms with E-state index in [4.69, 9.17) is 21.3 Å². The lowest BCUT2D eigenvalue weighted by Crippen LogP contribution is -2.39. The van der Waals surface area contributed by atoms with Gasteiger partial charge < -0.3 is 9.64 Å². The molecule has 5 rings (SSSR count). The fraction of sp³-hybridized carbons (Fsp3) is 0.148. The number of halogens is 2. The molecule has 0 aliphatic carbocycles. The fourth-order valence-electron chi connectivity index (χ4n) is 4.22. The number of allylic oxidation sites excluding steroid dienone is 1. The number of aliphatic imine (C=N–C) groups is 1. The van der Waals surface area contributed by atoms with Crippen molar-refractivity contribution >= 4 is 45.6 Å². The number of hydrogen-bond acceptors (Lipinski definition) is 5. The van der Waals surface area contributed by atoms with Crippen LogP contribution >= 0.6 is 11.6 Å². The standard InChI is InChI=1S/C27H23ClFN5O2/c1-16-22(15-33(2)26(31-16)17-4-8-21(36-3)9-5-17)27(35)34(25-11-6-19(28)13-23(25)29)20-7-10-24-18(12-20)14-30-32-24/h4-14H,15H2,1-3H3,(H,30,32). The van der Waals surface area contributed by atoms with Gasteiger partial charge in [-0.05, 0) is 67.6 Å². The van der Waals surface area contributed by atoms with Crippen molar-refractivity contribution in [2.75, 3.05) is 25.6 Å². The summed E-state index contributed by atoms with van der Waals surface area (Å²) in [6.07, 6.45) is 1.66. The van der Waals surface area contributed by atoms with Crippen molar-refractivity contribution in [3.8, 4) is 5.75 Å². The average molecular weight is 504 g/mol. The minimum absolute atomic E-state index is 0.0973. The summed E-state index contributed by atoms with van der Waals surface area (Å²) in [7, 11) is 3.48. The first-order chi connectivity index (χ1) is 17.4. The van der Waals surface area contributed by atoms with Crippen molar-refractivity contribution in [1.29, 1.82) is 0 Å². The number of aromatic nitrogens is 2. The molecule has 0 bridgehead atoms. The molecule has 182 valence electrons. The maximum Gasteiger partial charge on any atom is 0.262 e. The van der Waals surface area contributed by atoms with Crippen LogP contribution in [0.4, 0.5) is 15.8 Å². The number of aromatic amines is 1. The molecule has 2 heterocycles. The van der Waals surface area contributed by atoms with Crippen LogP contribution in [-0.4, -0.2) is 47.5 Å². The second kappa shape index (κ2) is 9.47. The van der Waals surface area contributed by atoms with Crippen LogP contribution in [0.1, 0.15) is 12.5 Å². The fourth-order valence-corrected chi connectivity index (χ4v) is 4.38. The summed E-state index contributed by atoms with van der Waals surface area (Å²) in [5, 5.41) is 7.98. The maximum absolute atomic E-state index is 15.1. The molecule has 9 heteroatoms. The van der Waals surface area contributed by atoms with Gasteiger partial charge in [-0.3, -0.25) is 14.8 Å².